The van der Waals surface area contributed by atoms with Crippen LogP contribution in [0, 0.1) is 0 Å². The summed E-state index contributed by atoms with van der Waals surface area (Å²) in [7, 11) is 1.86. The third-order valence-electron chi connectivity index (χ3n) is 4.56. The van der Waals surface area contributed by atoms with E-state index in [1.807, 2.05) is 49.6 Å². The molecular formula is C22H20N4OS. The number of hydrogen-bond acceptors (Lipinski definition) is 4. The van der Waals surface area contributed by atoms with Gasteiger partial charge in [0.25, 0.3) is 5.91 Å². The monoisotopic (exact) mass is 388 g/mol. The Hall–Kier alpha value is -3.25. The Morgan fingerprint density at radius 2 is 1.71 bits per heavy atom. The quantitative estimate of drug-likeness (QED) is 0.541. The number of hydrogen-bond donors (Lipinski definition) is 1. The molecule has 0 saturated carbocycles. The van der Waals surface area contributed by atoms with Gasteiger partial charge in [0.05, 0.1) is 6.20 Å². The molecule has 5 nitrogen and oxygen atoms in total. The van der Waals surface area contributed by atoms with Crippen molar-refractivity contribution in [3.8, 4) is 10.6 Å². The van der Waals surface area contributed by atoms with E-state index in [1.54, 1.807) is 16.3 Å². The van der Waals surface area contributed by atoms with Gasteiger partial charge in [-0.25, -0.2) is 4.98 Å². The number of rotatable bonds is 6. The zero-order valence-electron chi connectivity index (χ0n) is 15.4. The van der Waals surface area contributed by atoms with Gasteiger partial charge in [-0.15, -0.1) is 11.3 Å². The van der Waals surface area contributed by atoms with Crippen LogP contribution in [0.1, 0.15) is 27.5 Å². The van der Waals surface area contributed by atoms with E-state index in [4.69, 9.17) is 0 Å². The van der Waals surface area contributed by atoms with E-state index in [0.717, 1.165) is 10.6 Å². The Bertz CT molecular complexity index is 1020. The lowest BCUT2D eigenvalue weighted by molar-refractivity contribution is 0.0948. The summed E-state index contributed by atoms with van der Waals surface area (Å²) in [6.45, 7) is 0.507. The molecule has 0 unspecified atom stereocenters. The van der Waals surface area contributed by atoms with Crippen LogP contribution >= 0.6 is 11.3 Å². The van der Waals surface area contributed by atoms with Gasteiger partial charge in [-0.1, -0.05) is 60.7 Å². The second-order valence-electron chi connectivity index (χ2n) is 6.52. The fourth-order valence-corrected chi connectivity index (χ4v) is 3.90. The summed E-state index contributed by atoms with van der Waals surface area (Å²) in [5.41, 5.74) is 3.69. The molecule has 2 aromatic heterocycles. The number of carbonyl (C=O) groups is 1. The topological polar surface area (TPSA) is 59.8 Å². The first-order valence-electron chi connectivity index (χ1n) is 9.03. The van der Waals surface area contributed by atoms with Gasteiger partial charge in [-0.3, -0.25) is 9.48 Å². The van der Waals surface area contributed by atoms with E-state index in [1.165, 1.54) is 22.5 Å². The molecule has 6 heteroatoms. The predicted molar refractivity (Wildman–Crippen MR) is 111 cm³/mol. The minimum atomic E-state index is -0.164. The van der Waals surface area contributed by atoms with Crippen molar-refractivity contribution in [2.75, 3.05) is 6.54 Å². The van der Waals surface area contributed by atoms with Crippen LogP contribution in [0.25, 0.3) is 10.6 Å². The highest BCUT2D eigenvalue weighted by Gasteiger charge is 2.17. The smallest absolute Gasteiger partial charge is 0.270 e. The number of aromatic nitrogens is 3. The van der Waals surface area contributed by atoms with E-state index in [-0.39, 0.29) is 11.8 Å². The van der Waals surface area contributed by atoms with E-state index >= 15 is 0 Å². The molecule has 0 radical (unpaired) electrons. The second-order valence-corrected chi connectivity index (χ2v) is 7.38. The number of nitrogens with one attached hydrogen (secondary N) is 1. The van der Waals surface area contributed by atoms with Crippen LogP contribution in [-0.4, -0.2) is 27.2 Å². The third kappa shape index (κ3) is 4.02. The molecule has 0 atom stereocenters. The predicted octanol–water partition coefficient (Wildman–Crippen LogP) is 4.11. The molecule has 0 aliphatic carbocycles. The van der Waals surface area contributed by atoms with Crippen LogP contribution < -0.4 is 5.32 Å². The van der Waals surface area contributed by atoms with Crippen LogP contribution in [0.4, 0.5) is 0 Å². The molecule has 1 N–H and O–H groups in total. The Morgan fingerprint density at radius 3 is 2.29 bits per heavy atom. The number of amides is 1. The molecule has 4 rings (SSSR count). The summed E-state index contributed by atoms with van der Waals surface area (Å²) in [5, 5.41) is 9.79. The zero-order chi connectivity index (χ0) is 19.3. The van der Waals surface area contributed by atoms with E-state index in [2.05, 4.69) is 39.7 Å². The van der Waals surface area contributed by atoms with Gasteiger partial charge >= 0.3 is 0 Å². The minimum Gasteiger partial charge on any atom is -0.350 e. The van der Waals surface area contributed by atoms with E-state index < -0.39 is 0 Å². The first-order valence-corrected chi connectivity index (χ1v) is 9.91. The van der Waals surface area contributed by atoms with E-state index in [0.29, 0.717) is 12.2 Å². The fraction of sp³-hybridized carbons (Fsp3) is 0.136. The standard InChI is InChI=1S/C22H20N4OS/c1-26-14-18(12-24-26)22-25-20(15-28-22)21(27)23-13-19(16-8-4-2-5-9-16)17-10-6-3-7-11-17/h2-12,14-15,19H,13H2,1H3,(H,23,27). The molecule has 28 heavy (non-hydrogen) atoms. The maximum Gasteiger partial charge on any atom is 0.270 e. The first kappa shape index (κ1) is 18.1. The minimum absolute atomic E-state index is 0.0859. The first-order chi connectivity index (χ1) is 13.7. The normalized spacial score (nSPS) is 10.9. The highest BCUT2D eigenvalue weighted by atomic mass is 32.1. The van der Waals surface area contributed by atoms with E-state index in [9.17, 15) is 4.79 Å². The lowest BCUT2D eigenvalue weighted by atomic mass is 9.91. The molecule has 2 aromatic carbocycles. The van der Waals surface area contributed by atoms with Crippen LogP contribution in [0.15, 0.2) is 78.4 Å². The van der Waals surface area contributed by atoms with Gasteiger partial charge in [-0.2, -0.15) is 5.10 Å². The Labute approximate surface area is 167 Å². The summed E-state index contributed by atoms with van der Waals surface area (Å²) in [4.78, 5) is 17.1. The summed E-state index contributed by atoms with van der Waals surface area (Å²) in [5.74, 6) is -0.0777. The molecule has 1 amide bonds. The van der Waals surface area contributed by atoms with Crippen LogP contribution in [0.5, 0.6) is 0 Å². The van der Waals surface area contributed by atoms with Gasteiger partial charge in [0.1, 0.15) is 10.7 Å². The largest absolute Gasteiger partial charge is 0.350 e. The fourth-order valence-electron chi connectivity index (χ4n) is 3.13. The molecular weight excluding hydrogens is 368 g/mol. The summed E-state index contributed by atoms with van der Waals surface area (Å²) < 4.78 is 1.72. The summed E-state index contributed by atoms with van der Waals surface area (Å²) in [6.07, 6.45) is 3.64. The maximum atomic E-state index is 12.7. The van der Waals surface area contributed by atoms with Crippen molar-refractivity contribution in [2.24, 2.45) is 7.05 Å². The highest BCUT2D eigenvalue weighted by Crippen LogP contribution is 2.25. The number of aryl methyl sites for hydroxylation is 1. The summed E-state index contributed by atoms with van der Waals surface area (Å²) in [6, 6.07) is 20.4. The molecule has 4 aromatic rings. The third-order valence-corrected chi connectivity index (χ3v) is 5.45. The molecule has 0 spiro atoms. The van der Waals surface area contributed by atoms with Crippen LogP contribution in [0.2, 0.25) is 0 Å². The van der Waals surface area contributed by atoms with Crippen molar-refractivity contribution in [3.63, 3.8) is 0 Å². The molecule has 0 aliphatic heterocycles. The number of nitrogens with zero attached hydrogens (tertiary/aromatic N) is 3. The summed E-state index contributed by atoms with van der Waals surface area (Å²) >= 11 is 1.45. The molecule has 140 valence electrons. The molecule has 0 aliphatic rings. The van der Waals surface area contributed by atoms with Crippen LogP contribution in [0.3, 0.4) is 0 Å². The van der Waals surface area contributed by atoms with Crippen molar-refractivity contribution in [1.82, 2.24) is 20.1 Å². The Kier molecular flexibility index (Phi) is 5.30. The van der Waals surface area contributed by atoms with Gasteiger partial charge in [0, 0.05) is 36.7 Å². The second kappa shape index (κ2) is 8.19. The van der Waals surface area contributed by atoms with Gasteiger partial charge in [-0.05, 0) is 11.1 Å². The van der Waals surface area contributed by atoms with Crippen molar-refractivity contribution < 1.29 is 4.79 Å². The highest BCUT2D eigenvalue weighted by molar-refractivity contribution is 7.13. The average Bonchev–Trinajstić information content (AvgIpc) is 3.39. The molecule has 0 fully saturated rings. The van der Waals surface area contributed by atoms with Crippen molar-refractivity contribution in [1.29, 1.82) is 0 Å². The molecule has 0 saturated heterocycles. The lowest BCUT2D eigenvalue weighted by Crippen LogP contribution is -2.29. The van der Waals surface area contributed by atoms with Crippen molar-refractivity contribution in [3.05, 3.63) is 95.3 Å². The number of thiazole rings is 1. The number of benzene rings is 2. The Balaban J connectivity index is 1.50. The van der Waals surface area contributed by atoms with Gasteiger partial charge in [0.2, 0.25) is 0 Å². The van der Waals surface area contributed by atoms with Gasteiger partial charge in [0.15, 0.2) is 0 Å². The Morgan fingerprint density at radius 1 is 1.07 bits per heavy atom. The molecule has 2 heterocycles. The molecule has 0 bridgehead atoms. The van der Waals surface area contributed by atoms with Crippen LogP contribution in [-0.2, 0) is 7.05 Å². The van der Waals surface area contributed by atoms with Crippen molar-refractivity contribution >= 4 is 17.2 Å². The number of carbonyl (C=O) groups excluding carboxylic acids is 1. The lowest BCUT2D eigenvalue weighted by Gasteiger charge is -2.18. The maximum absolute atomic E-state index is 12.7. The van der Waals surface area contributed by atoms with Gasteiger partial charge < -0.3 is 5.32 Å². The average molecular weight is 388 g/mol. The zero-order valence-corrected chi connectivity index (χ0v) is 16.3. The SMILES string of the molecule is Cn1cc(-c2nc(C(=O)NCC(c3ccccc3)c3ccccc3)cs2)cn1. The van der Waals surface area contributed by atoms with Crippen molar-refractivity contribution in [2.45, 2.75) is 5.92 Å².